The van der Waals surface area contributed by atoms with Crippen LogP contribution >= 0.6 is 0 Å². The number of hydrogen-bond acceptors (Lipinski definition) is 3. The summed E-state index contributed by atoms with van der Waals surface area (Å²) in [5.41, 5.74) is 0.791. The van der Waals surface area contributed by atoms with Crippen LogP contribution in [0.4, 0.5) is 4.39 Å². The van der Waals surface area contributed by atoms with Gasteiger partial charge in [0.05, 0.1) is 7.11 Å². The first-order valence-corrected chi connectivity index (χ1v) is 7.12. The average molecular weight is 279 g/mol. The molecule has 1 aromatic carbocycles. The molecule has 3 atom stereocenters. The van der Waals surface area contributed by atoms with E-state index in [1.165, 1.54) is 25.7 Å². The summed E-state index contributed by atoms with van der Waals surface area (Å²) in [6.07, 6.45) is 2.24. The zero-order chi connectivity index (χ0) is 14.7. The second kappa shape index (κ2) is 6.35. The molecule has 0 aromatic heterocycles. The summed E-state index contributed by atoms with van der Waals surface area (Å²) < 4.78 is 18.0. The van der Waals surface area contributed by atoms with Gasteiger partial charge in [-0.25, -0.2) is 9.18 Å². The van der Waals surface area contributed by atoms with Crippen molar-refractivity contribution in [2.24, 2.45) is 5.92 Å². The lowest BCUT2D eigenvalue weighted by Gasteiger charge is -2.40. The molecule has 1 aliphatic rings. The summed E-state index contributed by atoms with van der Waals surface area (Å²) in [5.74, 6) is -0.0196. The first-order chi connectivity index (χ1) is 9.52. The van der Waals surface area contributed by atoms with Crippen LogP contribution in [0.2, 0.25) is 0 Å². The van der Waals surface area contributed by atoms with Crippen LogP contribution in [0.15, 0.2) is 24.3 Å². The van der Waals surface area contributed by atoms with Gasteiger partial charge in [-0.3, -0.25) is 4.90 Å². The minimum atomic E-state index is -0.446. The highest BCUT2D eigenvalue weighted by Crippen LogP contribution is 2.31. The molecule has 2 rings (SSSR count). The third-order valence-electron chi connectivity index (χ3n) is 4.11. The van der Waals surface area contributed by atoms with Crippen molar-refractivity contribution in [3.63, 3.8) is 0 Å². The molecule has 110 valence electrons. The van der Waals surface area contributed by atoms with Gasteiger partial charge in [-0.2, -0.15) is 0 Å². The number of rotatable bonds is 3. The standard InChI is InChI=1S/C16H22FNO2/c1-11-4-5-12(2)18(10-11)15(16(19)20-3)13-6-8-14(17)9-7-13/h6-9,11-12,15H,4-5,10H2,1-3H3/t11-,12-,15?/m1/s1. The zero-order valence-corrected chi connectivity index (χ0v) is 12.3. The monoisotopic (exact) mass is 279 g/mol. The molecular formula is C16H22FNO2. The van der Waals surface area contributed by atoms with E-state index >= 15 is 0 Å². The van der Waals surface area contributed by atoms with Gasteiger partial charge in [0.15, 0.2) is 0 Å². The molecule has 0 N–H and O–H groups in total. The molecule has 1 aliphatic heterocycles. The topological polar surface area (TPSA) is 29.5 Å². The number of piperidine rings is 1. The van der Waals surface area contributed by atoms with E-state index < -0.39 is 6.04 Å². The molecule has 0 spiro atoms. The number of benzene rings is 1. The Morgan fingerprint density at radius 2 is 1.95 bits per heavy atom. The molecule has 1 heterocycles. The Kier molecular flexibility index (Phi) is 4.76. The molecule has 20 heavy (non-hydrogen) atoms. The number of halogens is 1. The van der Waals surface area contributed by atoms with Gasteiger partial charge in [-0.1, -0.05) is 19.1 Å². The number of carbonyl (C=O) groups is 1. The predicted octanol–water partition coefficient (Wildman–Crippen LogP) is 3.16. The maximum absolute atomic E-state index is 13.1. The van der Waals surface area contributed by atoms with Crippen molar-refractivity contribution in [3.05, 3.63) is 35.6 Å². The third kappa shape index (κ3) is 3.18. The van der Waals surface area contributed by atoms with Crippen molar-refractivity contribution in [2.75, 3.05) is 13.7 Å². The summed E-state index contributed by atoms with van der Waals surface area (Å²) in [7, 11) is 1.40. The number of likely N-dealkylation sites (tertiary alicyclic amines) is 1. The maximum atomic E-state index is 13.1. The minimum Gasteiger partial charge on any atom is -0.468 e. The number of nitrogens with zero attached hydrogens (tertiary/aromatic N) is 1. The van der Waals surface area contributed by atoms with Crippen LogP contribution in [0.3, 0.4) is 0 Å². The quantitative estimate of drug-likeness (QED) is 0.796. The molecule has 1 unspecified atom stereocenters. The van der Waals surface area contributed by atoms with Gasteiger partial charge >= 0.3 is 5.97 Å². The predicted molar refractivity (Wildman–Crippen MR) is 75.7 cm³/mol. The highest BCUT2D eigenvalue weighted by molar-refractivity contribution is 5.77. The Morgan fingerprint density at radius 3 is 2.55 bits per heavy atom. The van der Waals surface area contributed by atoms with E-state index in [9.17, 15) is 9.18 Å². The van der Waals surface area contributed by atoms with E-state index in [1.54, 1.807) is 12.1 Å². The van der Waals surface area contributed by atoms with Crippen molar-refractivity contribution >= 4 is 5.97 Å². The van der Waals surface area contributed by atoms with Gasteiger partial charge in [0, 0.05) is 12.6 Å². The fourth-order valence-corrected chi connectivity index (χ4v) is 2.90. The van der Waals surface area contributed by atoms with E-state index in [4.69, 9.17) is 4.74 Å². The second-order valence-corrected chi connectivity index (χ2v) is 5.71. The number of ether oxygens (including phenoxy) is 1. The largest absolute Gasteiger partial charge is 0.468 e. The highest BCUT2D eigenvalue weighted by atomic mass is 19.1. The summed E-state index contributed by atoms with van der Waals surface area (Å²) in [5, 5.41) is 0. The van der Waals surface area contributed by atoms with E-state index in [0.717, 1.165) is 18.5 Å². The van der Waals surface area contributed by atoms with Crippen LogP contribution in [-0.2, 0) is 9.53 Å². The molecule has 0 aliphatic carbocycles. The van der Waals surface area contributed by atoms with Crippen LogP contribution < -0.4 is 0 Å². The molecule has 1 saturated heterocycles. The van der Waals surface area contributed by atoms with E-state index in [1.807, 2.05) is 0 Å². The van der Waals surface area contributed by atoms with E-state index in [-0.39, 0.29) is 11.8 Å². The third-order valence-corrected chi connectivity index (χ3v) is 4.11. The lowest BCUT2D eigenvalue weighted by molar-refractivity contribution is -0.149. The van der Waals surface area contributed by atoms with Crippen molar-refractivity contribution in [2.45, 2.75) is 38.8 Å². The summed E-state index contributed by atoms with van der Waals surface area (Å²) in [6.45, 7) is 5.18. The molecule has 0 amide bonds. The Morgan fingerprint density at radius 1 is 1.30 bits per heavy atom. The van der Waals surface area contributed by atoms with Crippen LogP contribution in [-0.4, -0.2) is 30.6 Å². The second-order valence-electron chi connectivity index (χ2n) is 5.71. The summed E-state index contributed by atoms with van der Waals surface area (Å²) in [6, 6.07) is 6.00. The molecule has 4 heteroatoms. The van der Waals surface area contributed by atoms with Crippen LogP contribution in [0.1, 0.15) is 38.3 Å². The molecule has 1 fully saturated rings. The first-order valence-electron chi connectivity index (χ1n) is 7.12. The summed E-state index contributed by atoms with van der Waals surface area (Å²) in [4.78, 5) is 14.4. The lowest BCUT2D eigenvalue weighted by atomic mass is 9.91. The minimum absolute atomic E-state index is 0.280. The molecular weight excluding hydrogens is 257 g/mol. The SMILES string of the molecule is COC(=O)C(c1ccc(F)cc1)N1C[C@H](C)CC[C@H]1C. The fraction of sp³-hybridized carbons (Fsp3) is 0.562. The molecule has 1 aromatic rings. The molecule has 0 saturated carbocycles. The first kappa shape index (κ1) is 15.0. The average Bonchev–Trinajstić information content (AvgIpc) is 2.44. The van der Waals surface area contributed by atoms with Crippen LogP contribution in [0, 0.1) is 11.7 Å². The smallest absolute Gasteiger partial charge is 0.327 e. The van der Waals surface area contributed by atoms with E-state index in [0.29, 0.717) is 12.0 Å². The zero-order valence-electron chi connectivity index (χ0n) is 12.3. The number of esters is 1. The Labute approximate surface area is 119 Å². The van der Waals surface area contributed by atoms with Crippen molar-refractivity contribution in [1.82, 2.24) is 4.90 Å². The molecule has 0 bridgehead atoms. The highest BCUT2D eigenvalue weighted by Gasteiger charge is 2.35. The fourth-order valence-electron chi connectivity index (χ4n) is 2.90. The lowest BCUT2D eigenvalue weighted by Crippen LogP contribution is -2.46. The Bertz CT molecular complexity index is 460. The van der Waals surface area contributed by atoms with Crippen molar-refractivity contribution < 1.29 is 13.9 Å². The Balaban J connectivity index is 2.31. The molecule has 0 radical (unpaired) electrons. The normalized spacial score (nSPS) is 25.2. The number of hydrogen-bond donors (Lipinski definition) is 0. The van der Waals surface area contributed by atoms with E-state index in [2.05, 4.69) is 18.7 Å². The van der Waals surface area contributed by atoms with Gasteiger partial charge < -0.3 is 4.74 Å². The van der Waals surface area contributed by atoms with Crippen LogP contribution in [0.25, 0.3) is 0 Å². The summed E-state index contributed by atoms with van der Waals surface area (Å²) >= 11 is 0. The molecule has 3 nitrogen and oxygen atoms in total. The van der Waals surface area contributed by atoms with Gasteiger partial charge in [0.25, 0.3) is 0 Å². The van der Waals surface area contributed by atoms with Gasteiger partial charge in [0.1, 0.15) is 11.9 Å². The van der Waals surface area contributed by atoms with Crippen molar-refractivity contribution in [3.8, 4) is 0 Å². The van der Waals surface area contributed by atoms with Gasteiger partial charge in [-0.15, -0.1) is 0 Å². The Hall–Kier alpha value is -1.42. The van der Waals surface area contributed by atoms with Gasteiger partial charge in [0.2, 0.25) is 0 Å². The maximum Gasteiger partial charge on any atom is 0.327 e. The van der Waals surface area contributed by atoms with Crippen LogP contribution in [0.5, 0.6) is 0 Å². The van der Waals surface area contributed by atoms with Crippen molar-refractivity contribution in [1.29, 1.82) is 0 Å². The van der Waals surface area contributed by atoms with Gasteiger partial charge in [-0.05, 0) is 43.4 Å². The number of carbonyl (C=O) groups excluding carboxylic acids is 1. The number of methoxy groups -OCH3 is 1.